The zero-order valence-electron chi connectivity index (χ0n) is 12.1. The molecule has 21 heavy (non-hydrogen) atoms. The van der Waals surface area contributed by atoms with E-state index in [1.54, 1.807) is 16.7 Å². The van der Waals surface area contributed by atoms with Crippen molar-refractivity contribution in [3.63, 3.8) is 0 Å². The van der Waals surface area contributed by atoms with E-state index in [2.05, 4.69) is 21.7 Å². The molecule has 112 valence electrons. The Balaban J connectivity index is 1.86. The van der Waals surface area contributed by atoms with E-state index in [0.717, 1.165) is 25.5 Å². The van der Waals surface area contributed by atoms with Crippen LogP contribution in [0.2, 0.25) is 0 Å². The Morgan fingerprint density at radius 2 is 2.24 bits per heavy atom. The molecule has 1 N–H and O–H groups in total. The van der Waals surface area contributed by atoms with Crippen LogP contribution in [0.1, 0.15) is 6.92 Å². The van der Waals surface area contributed by atoms with Gasteiger partial charge in [-0.25, -0.2) is 4.98 Å². The number of β-amino-alcohol motifs (C(OH)–C–C–N with tert-alkyl or cyclic N) is 1. The second-order valence-electron chi connectivity index (χ2n) is 5.44. The maximum absolute atomic E-state index is 12.1. The van der Waals surface area contributed by atoms with Crippen LogP contribution in [0.5, 0.6) is 0 Å². The number of fused-ring (bicyclic) bond motifs is 1. The molecule has 0 unspecified atom stereocenters. The Bertz CT molecular complexity index is 685. The standard InChI is InChI=1S/C15H20N4O2/c1-12-11-18(7-6-17(12)8-9-20)14-10-15(21)19-5-3-2-4-13(19)16-14/h2-5,10,12,20H,6-9,11H2,1H3/t12-/m0/s1. The summed E-state index contributed by atoms with van der Waals surface area (Å²) in [5, 5.41) is 9.06. The lowest BCUT2D eigenvalue weighted by Gasteiger charge is -2.40. The van der Waals surface area contributed by atoms with Crippen molar-refractivity contribution in [3.05, 3.63) is 40.8 Å². The van der Waals surface area contributed by atoms with Gasteiger partial charge in [0.25, 0.3) is 5.56 Å². The van der Waals surface area contributed by atoms with Gasteiger partial charge in [-0.3, -0.25) is 14.1 Å². The molecule has 1 aliphatic rings. The van der Waals surface area contributed by atoms with Crippen molar-refractivity contribution in [2.24, 2.45) is 0 Å². The fourth-order valence-corrected chi connectivity index (χ4v) is 2.87. The van der Waals surface area contributed by atoms with Crippen LogP contribution in [0.15, 0.2) is 35.3 Å². The van der Waals surface area contributed by atoms with Gasteiger partial charge in [-0.05, 0) is 19.1 Å². The van der Waals surface area contributed by atoms with Crippen LogP contribution >= 0.6 is 0 Å². The average Bonchev–Trinajstić information content (AvgIpc) is 2.49. The summed E-state index contributed by atoms with van der Waals surface area (Å²) in [5.41, 5.74) is 0.617. The molecule has 0 bridgehead atoms. The molecule has 1 atom stereocenters. The molecule has 0 amide bonds. The zero-order valence-corrected chi connectivity index (χ0v) is 12.1. The molecule has 3 heterocycles. The SMILES string of the molecule is C[C@H]1CN(c2cc(=O)n3ccccc3n2)CCN1CCO. The lowest BCUT2D eigenvalue weighted by Crippen LogP contribution is -2.53. The predicted octanol–water partition coefficient (Wildman–Crippen LogP) is 0.197. The predicted molar refractivity (Wildman–Crippen MR) is 81.8 cm³/mol. The van der Waals surface area contributed by atoms with Crippen molar-refractivity contribution >= 4 is 11.5 Å². The molecule has 0 radical (unpaired) electrons. The number of nitrogens with zero attached hydrogens (tertiary/aromatic N) is 4. The molecule has 2 aromatic rings. The van der Waals surface area contributed by atoms with Gasteiger partial charge in [0.05, 0.1) is 6.61 Å². The van der Waals surface area contributed by atoms with Gasteiger partial charge in [-0.2, -0.15) is 0 Å². The molecule has 1 fully saturated rings. The number of anilines is 1. The summed E-state index contributed by atoms with van der Waals surface area (Å²) >= 11 is 0. The van der Waals surface area contributed by atoms with Gasteiger partial charge < -0.3 is 10.0 Å². The number of aromatic nitrogens is 2. The third-order valence-corrected chi connectivity index (χ3v) is 4.03. The Morgan fingerprint density at radius 1 is 1.38 bits per heavy atom. The maximum atomic E-state index is 12.1. The number of hydrogen-bond donors (Lipinski definition) is 1. The smallest absolute Gasteiger partial charge is 0.259 e. The van der Waals surface area contributed by atoms with E-state index >= 15 is 0 Å². The first-order valence-corrected chi connectivity index (χ1v) is 7.27. The molecule has 1 aliphatic heterocycles. The minimum absolute atomic E-state index is 0.0546. The number of pyridine rings is 1. The van der Waals surface area contributed by atoms with Crippen LogP contribution in [0, 0.1) is 0 Å². The highest BCUT2D eigenvalue weighted by molar-refractivity contribution is 5.48. The van der Waals surface area contributed by atoms with Crippen LogP contribution in [-0.4, -0.2) is 58.2 Å². The number of aliphatic hydroxyl groups excluding tert-OH is 1. The van der Waals surface area contributed by atoms with Gasteiger partial charge in [0.15, 0.2) is 0 Å². The first-order valence-electron chi connectivity index (χ1n) is 7.27. The third kappa shape index (κ3) is 2.77. The first kappa shape index (κ1) is 14.0. The van der Waals surface area contributed by atoms with E-state index in [9.17, 15) is 4.79 Å². The lowest BCUT2D eigenvalue weighted by molar-refractivity contribution is 0.146. The average molecular weight is 288 g/mol. The van der Waals surface area contributed by atoms with E-state index in [-0.39, 0.29) is 12.2 Å². The second kappa shape index (κ2) is 5.83. The van der Waals surface area contributed by atoms with Crippen molar-refractivity contribution in [2.75, 3.05) is 37.7 Å². The van der Waals surface area contributed by atoms with Gasteiger partial charge in [0.1, 0.15) is 11.5 Å². The molecule has 3 rings (SSSR count). The number of rotatable bonds is 3. The second-order valence-corrected chi connectivity index (χ2v) is 5.44. The summed E-state index contributed by atoms with van der Waals surface area (Å²) in [5.74, 6) is 0.738. The normalized spacial score (nSPS) is 20.1. The van der Waals surface area contributed by atoms with E-state index in [1.165, 1.54) is 0 Å². The van der Waals surface area contributed by atoms with Crippen molar-refractivity contribution in [2.45, 2.75) is 13.0 Å². The summed E-state index contributed by atoms with van der Waals surface area (Å²) in [6.45, 7) is 5.52. The number of hydrogen-bond acceptors (Lipinski definition) is 5. The van der Waals surface area contributed by atoms with Crippen molar-refractivity contribution < 1.29 is 5.11 Å². The van der Waals surface area contributed by atoms with Crippen molar-refractivity contribution in [1.82, 2.24) is 14.3 Å². The van der Waals surface area contributed by atoms with Crippen LogP contribution in [0.3, 0.4) is 0 Å². The van der Waals surface area contributed by atoms with Gasteiger partial charge in [-0.1, -0.05) is 6.07 Å². The van der Waals surface area contributed by atoms with Crippen LogP contribution in [-0.2, 0) is 0 Å². The zero-order chi connectivity index (χ0) is 14.8. The quantitative estimate of drug-likeness (QED) is 0.874. The highest BCUT2D eigenvalue weighted by Crippen LogP contribution is 2.16. The van der Waals surface area contributed by atoms with E-state index in [1.807, 2.05) is 18.2 Å². The summed E-state index contributed by atoms with van der Waals surface area (Å²) in [6, 6.07) is 7.48. The van der Waals surface area contributed by atoms with Crippen LogP contribution in [0.25, 0.3) is 5.65 Å². The van der Waals surface area contributed by atoms with Gasteiger partial charge in [-0.15, -0.1) is 0 Å². The monoisotopic (exact) mass is 288 g/mol. The lowest BCUT2D eigenvalue weighted by atomic mass is 10.2. The molecule has 0 aliphatic carbocycles. The summed E-state index contributed by atoms with van der Waals surface area (Å²) in [6.07, 6.45) is 1.73. The Labute approximate surface area is 123 Å². The van der Waals surface area contributed by atoms with Crippen molar-refractivity contribution in [1.29, 1.82) is 0 Å². The molecular formula is C15H20N4O2. The Kier molecular flexibility index (Phi) is 3.90. The molecule has 6 nitrogen and oxygen atoms in total. The largest absolute Gasteiger partial charge is 0.395 e. The molecule has 1 saturated heterocycles. The minimum Gasteiger partial charge on any atom is -0.395 e. The topological polar surface area (TPSA) is 61.1 Å². The fourth-order valence-electron chi connectivity index (χ4n) is 2.87. The van der Waals surface area contributed by atoms with Crippen LogP contribution in [0.4, 0.5) is 5.82 Å². The minimum atomic E-state index is -0.0546. The fraction of sp³-hybridized carbons (Fsp3) is 0.467. The molecule has 0 saturated carbocycles. The van der Waals surface area contributed by atoms with Gasteiger partial charge >= 0.3 is 0 Å². The summed E-state index contributed by atoms with van der Waals surface area (Å²) in [4.78, 5) is 21.1. The van der Waals surface area contributed by atoms with Crippen LogP contribution < -0.4 is 10.5 Å². The number of piperazine rings is 1. The summed E-state index contributed by atoms with van der Waals surface area (Å²) in [7, 11) is 0. The highest BCUT2D eigenvalue weighted by Gasteiger charge is 2.24. The molecule has 6 heteroatoms. The van der Waals surface area contributed by atoms with Gasteiger partial charge in [0.2, 0.25) is 0 Å². The van der Waals surface area contributed by atoms with Crippen molar-refractivity contribution in [3.8, 4) is 0 Å². The highest BCUT2D eigenvalue weighted by atomic mass is 16.3. The first-order chi connectivity index (χ1) is 10.2. The molecule has 0 aromatic carbocycles. The Morgan fingerprint density at radius 3 is 3.00 bits per heavy atom. The summed E-state index contributed by atoms with van der Waals surface area (Å²) < 4.78 is 1.55. The maximum Gasteiger partial charge on any atom is 0.259 e. The molecule has 2 aromatic heterocycles. The molecular weight excluding hydrogens is 268 g/mol. The van der Waals surface area contributed by atoms with E-state index < -0.39 is 0 Å². The Hall–Kier alpha value is -1.92. The number of aliphatic hydroxyl groups is 1. The molecule has 0 spiro atoms. The van der Waals surface area contributed by atoms with E-state index in [0.29, 0.717) is 18.2 Å². The van der Waals surface area contributed by atoms with E-state index in [4.69, 9.17) is 5.11 Å². The third-order valence-electron chi connectivity index (χ3n) is 4.03. The van der Waals surface area contributed by atoms with Gasteiger partial charge in [0, 0.05) is 44.5 Å².